The second kappa shape index (κ2) is 10.00. The Kier molecular flexibility index (Phi) is 6.47. The van der Waals surface area contributed by atoms with E-state index in [0.29, 0.717) is 11.1 Å². The third-order valence-electron chi connectivity index (χ3n) is 6.74. The third-order valence-corrected chi connectivity index (χ3v) is 6.74. The van der Waals surface area contributed by atoms with Crippen molar-refractivity contribution in [3.05, 3.63) is 83.7 Å². The van der Waals surface area contributed by atoms with Crippen molar-refractivity contribution in [2.75, 3.05) is 37.6 Å². The predicted octanol–water partition coefficient (Wildman–Crippen LogP) is 3.96. The minimum Gasteiger partial charge on any atom is -0.366 e. The Morgan fingerprint density at radius 2 is 1.91 bits per heavy atom. The molecule has 35 heavy (non-hydrogen) atoms. The standard InChI is InChI=1S/C28H28N6O/c29-17-20-6-8-26-25(15-20)24(19-31-26)5-2-10-33-11-13-34(14-12-33)27-9-7-23(18-32-27)21-3-1-4-22(16-21)28(30)35/h1,3-4,6-9,15-16,18-19,31H,2,5,10-14H2,(H2,30,35). The molecule has 0 saturated carbocycles. The van der Waals surface area contributed by atoms with E-state index >= 15 is 0 Å². The van der Waals surface area contributed by atoms with Crippen LogP contribution in [0.4, 0.5) is 5.82 Å². The van der Waals surface area contributed by atoms with Crippen LogP contribution in [0.25, 0.3) is 22.0 Å². The van der Waals surface area contributed by atoms with Gasteiger partial charge in [-0.05, 0) is 73.0 Å². The number of hydrogen-bond acceptors (Lipinski definition) is 5. The summed E-state index contributed by atoms with van der Waals surface area (Å²) in [6.07, 6.45) is 6.01. The average molecular weight is 465 g/mol. The number of H-pyrrole nitrogens is 1. The summed E-state index contributed by atoms with van der Waals surface area (Å²) in [5, 5.41) is 10.3. The van der Waals surface area contributed by atoms with Gasteiger partial charge in [-0.25, -0.2) is 4.98 Å². The summed E-state index contributed by atoms with van der Waals surface area (Å²) in [6, 6.07) is 19.5. The topological polar surface area (TPSA) is 102 Å². The van der Waals surface area contributed by atoms with Crippen LogP contribution in [0.1, 0.15) is 27.9 Å². The van der Waals surface area contributed by atoms with Crippen molar-refractivity contribution in [1.29, 1.82) is 5.26 Å². The van der Waals surface area contributed by atoms with Crippen molar-refractivity contribution in [1.82, 2.24) is 14.9 Å². The fourth-order valence-corrected chi connectivity index (χ4v) is 4.74. The van der Waals surface area contributed by atoms with Crippen molar-refractivity contribution >= 4 is 22.6 Å². The van der Waals surface area contributed by atoms with Crippen molar-refractivity contribution in [3.8, 4) is 17.2 Å². The molecule has 3 N–H and O–H groups in total. The second-order valence-electron chi connectivity index (χ2n) is 8.97. The van der Waals surface area contributed by atoms with Gasteiger partial charge in [0.2, 0.25) is 5.91 Å². The Labute approximate surface area is 204 Å². The molecule has 0 aliphatic carbocycles. The van der Waals surface area contributed by atoms with E-state index < -0.39 is 5.91 Å². The number of nitriles is 1. The Hall–Kier alpha value is -4.15. The van der Waals surface area contributed by atoms with Crippen LogP contribution in [0.2, 0.25) is 0 Å². The first-order chi connectivity index (χ1) is 17.1. The van der Waals surface area contributed by atoms with Gasteiger partial charge in [-0.2, -0.15) is 5.26 Å². The minimum absolute atomic E-state index is 0.427. The van der Waals surface area contributed by atoms with Crippen molar-refractivity contribution < 1.29 is 4.79 Å². The molecular weight excluding hydrogens is 436 g/mol. The summed E-state index contributed by atoms with van der Waals surface area (Å²) >= 11 is 0. The smallest absolute Gasteiger partial charge is 0.248 e. The van der Waals surface area contributed by atoms with E-state index in [9.17, 15) is 10.1 Å². The van der Waals surface area contributed by atoms with Crippen LogP contribution in [0.3, 0.4) is 0 Å². The molecular formula is C28H28N6O. The highest BCUT2D eigenvalue weighted by Crippen LogP contribution is 2.24. The quantitative estimate of drug-likeness (QED) is 0.431. The molecule has 176 valence electrons. The maximum absolute atomic E-state index is 11.5. The highest BCUT2D eigenvalue weighted by molar-refractivity contribution is 5.94. The number of primary amides is 1. The maximum atomic E-state index is 11.5. The molecule has 1 aliphatic rings. The number of amides is 1. The Morgan fingerprint density at radius 1 is 1.06 bits per heavy atom. The normalized spacial score (nSPS) is 14.2. The third kappa shape index (κ3) is 5.03. The first kappa shape index (κ1) is 22.6. The number of anilines is 1. The van der Waals surface area contributed by atoms with E-state index in [1.165, 1.54) is 5.56 Å². The molecule has 4 aromatic rings. The monoisotopic (exact) mass is 464 g/mol. The molecule has 0 spiro atoms. The lowest BCUT2D eigenvalue weighted by Gasteiger charge is -2.35. The number of fused-ring (bicyclic) bond motifs is 1. The molecule has 7 nitrogen and oxygen atoms in total. The molecule has 5 rings (SSSR count). The van der Waals surface area contributed by atoms with E-state index in [1.54, 1.807) is 12.1 Å². The highest BCUT2D eigenvalue weighted by atomic mass is 16.1. The summed E-state index contributed by atoms with van der Waals surface area (Å²) in [4.78, 5) is 24.3. The highest BCUT2D eigenvalue weighted by Gasteiger charge is 2.18. The van der Waals surface area contributed by atoms with E-state index in [-0.39, 0.29) is 0 Å². The first-order valence-electron chi connectivity index (χ1n) is 11.9. The predicted molar refractivity (Wildman–Crippen MR) is 138 cm³/mol. The van der Waals surface area contributed by atoms with Crippen LogP contribution >= 0.6 is 0 Å². The molecule has 1 fully saturated rings. The lowest BCUT2D eigenvalue weighted by molar-refractivity contribution is 0.100. The van der Waals surface area contributed by atoms with Gasteiger partial charge in [-0.3, -0.25) is 9.69 Å². The number of nitrogens with one attached hydrogen (secondary N) is 1. The maximum Gasteiger partial charge on any atom is 0.248 e. The van der Waals surface area contributed by atoms with Gasteiger partial charge >= 0.3 is 0 Å². The Balaban J connectivity index is 1.13. The lowest BCUT2D eigenvalue weighted by atomic mass is 10.0. The van der Waals surface area contributed by atoms with Crippen molar-refractivity contribution in [2.45, 2.75) is 12.8 Å². The lowest BCUT2D eigenvalue weighted by Crippen LogP contribution is -2.47. The minimum atomic E-state index is -0.427. The molecule has 0 radical (unpaired) electrons. The van der Waals surface area contributed by atoms with Gasteiger partial charge in [-0.1, -0.05) is 12.1 Å². The largest absolute Gasteiger partial charge is 0.366 e. The van der Waals surface area contributed by atoms with E-state index in [0.717, 1.165) is 73.4 Å². The van der Waals surface area contributed by atoms with Crippen LogP contribution in [0.15, 0.2) is 67.0 Å². The second-order valence-corrected chi connectivity index (χ2v) is 8.97. The summed E-state index contributed by atoms with van der Waals surface area (Å²) in [5.41, 5.74) is 10.9. The van der Waals surface area contributed by atoms with Crippen LogP contribution in [-0.2, 0) is 6.42 Å². The zero-order valence-corrected chi connectivity index (χ0v) is 19.6. The molecule has 0 unspecified atom stereocenters. The molecule has 1 amide bonds. The van der Waals surface area contributed by atoms with Crippen LogP contribution in [0, 0.1) is 11.3 Å². The van der Waals surface area contributed by atoms with Gasteiger partial charge in [0.25, 0.3) is 0 Å². The van der Waals surface area contributed by atoms with Crippen LogP contribution < -0.4 is 10.6 Å². The number of aromatic amines is 1. The molecule has 2 aromatic carbocycles. The number of aryl methyl sites for hydroxylation is 1. The molecule has 3 heterocycles. The van der Waals surface area contributed by atoms with Crippen LogP contribution in [0.5, 0.6) is 0 Å². The fraction of sp³-hybridized carbons (Fsp3) is 0.250. The molecule has 7 heteroatoms. The Bertz CT molecular complexity index is 1380. The number of benzene rings is 2. The number of nitrogens with two attached hydrogens (primary N) is 1. The number of hydrogen-bond donors (Lipinski definition) is 2. The van der Waals surface area contributed by atoms with E-state index in [4.69, 9.17) is 5.73 Å². The summed E-state index contributed by atoms with van der Waals surface area (Å²) in [5.74, 6) is 0.551. The number of pyridine rings is 1. The van der Waals surface area contributed by atoms with E-state index in [2.05, 4.69) is 38.1 Å². The van der Waals surface area contributed by atoms with Crippen molar-refractivity contribution in [2.24, 2.45) is 5.73 Å². The van der Waals surface area contributed by atoms with E-state index in [1.807, 2.05) is 42.6 Å². The number of aromatic nitrogens is 2. The molecule has 2 aromatic heterocycles. The molecule has 0 atom stereocenters. The first-order valence-corrected chi connectivity index (χ1v) is 11.9. The zero-order chi connectivity index (χ0) is 24.2. The van der Waals surface area contributed by atoms with Gasteiger partial charge < -0.3 is 15.6 Å². The number of carbonyl (C=O) groups is 1. The van der Waals surface area contributed by atoms with Crippen molar-refractivity contribution in [3.63, 3.8) is 0 Å². The summed E-state index contributed by atoms with van der Waals surface area (Å²) in [7, 11) is 0. The van der Waals surface area contributed by atoms with Gasteiger partial charge in [-0.15, -0.1) is 0 Å². The zero-order valence-electron chi connectivity index (χ0n) is 19.6. The van der Waals surface area contributed by atoms with Gasteiger partial charge in [0.15, 0.2) is 0 Å². The summed E-state index contributed by atoms with van der Waals surface area (Å²) < 4.78 is 0. The number of piperazine rings is 1. The van der Waals surface area contributed by atoms with Crippen LogP contribution in [-0.4, -0.2) is 53.5 Å². The average Bonchev–Trinajstić information content (AvgIpc) is 3.31. The summed E-state index contributed by atoms with van der Waals surface area (Å²) in [6.45, 7) is 4.97. The van der Waals surface area contributed by atoms with Gasteiger partial charge in [0.1, 0.15) is 5.82 Å². The SMILES string of the molecule is N#Cc1ccc2[nH]cc(CCCN3CCN(c4ccc(-c5cccc(C(N)=O)c5)cn4)CC3)c2c1. The molecule has 1 aliphatic heterocycles. The van der Waals surface area contributed by atoms with Gasteiger partial charge in [0.05, 0.1) is 11.6 Å². The molecule has 1 saturated heterocycles. The number of nitrogens with zero attached hydrogens (tertiary/aromatic N) is 4. The Morgan fingerprint density at radius 3 is 2.66 bits per heavy atom. The number of carbonyl (C=O) groups excluding carboxylic acids is 1. The van der Waals surface area contributed by atoms with Gasteiger partial charge in [0, 0.05) is 60.6 Å². The fourth-order valence-electron chi connectivity index (χ4n) is 4.74. The molecule has 0 bridgehead atoms. The number of rotatable bonds is 7.